The summed E-state index contributed by atoms with van der Waals surface area (Å²) >= 11 is 5.77. The van der Waals surface area contributed by atoms with Crippen LogP contribution in [-0.2, 0) is 12.3 Å². The second-order valence-corrected chi connectivity index (χ2v) is 4.84. The van der Waals surface area contributed by atoms with Crippen molar-refractivity contribution in [2.45, 2.75) is 25.6 Å². The number of nitrogens with zero attached hydrogens (tertiary/aromatic N) is 1. The van der Waals surface area contributed by atoms with Crippen molar-refractivity contribution in [3.8, 4) is 17.6 Å². The molecule has 0 atom stereocenters. The van der Waals surface area contributed by atoms with Crippen molar-refractivity contribution in [1.82, 2.24) is 0 Å². The Labute approximate surface area is 124 Å². The molecular formula is C17H16ClNO. The molecule has 0 aliphatic carbocycles. The first kappa shape index (κ1) is 14.4. The Morgan fingerprint density at radius 1 is 1.10 bits per heavy atom. The minimum atomic E-state index is 0.390. The SMILES string of the molecule is CCCc1ccc(Oc2ccc(CCl)cc2C#N)cc1. The third-order valence-corrected chi connectivity index (χ3v) is 3.32. The molecule has 0 fully saturated rings. The molecular weight excluding hydrogens is 270 g/mol. The number of alkyl halides is 1. The molecule has 102 valence electrons. The number of aryl methyl sites for hydroxylation is 1. The highest BCUT2D eigenvalue weighted by Gasteiger charge is 2.06. The van der Waals surface area contributed by atoms with E-state index in [-0.39, 0.29) is 0 Å². The van der Waals surface area contributed by atoms with Crippen LogP contribution in [0, 0.1) is 11.3 Å². The summed E-state index contributed by atoms with van der Waals surface area (Å²) in [4.78, 5) is 0. The number of hydrogen-bond acceptors (Lipinski definition) is 2. The second kappa shape index (κ2) is 6.98. The van der Waals surface area contributed by atoms with E-state index in [9.17, 15) is 0 Å². The fourth-order valence-electron chi connectivity index (χ4n) is 1.98. The largest absolute Gasteiger partial charge is 0.456 e. The molecule has 0 bridgehead atoms. The van der Waals surface area contributed by atoms with Gasteiger partial charge in [0.05, 0.1) is 5.56 Å². The molecule has 2 rings (SSSR count). The Balaban J connectivity index is 2.19. The van der Waals surface area contributed by atoms with Crippen LogP contribution in [0.5, 0.6) is 11.5 Å². The number of halogens is 1. The summed E-state index contributed by atoms with van der Waals surface area (Å²) in [6.07, 6.45) is 2.19. The maximum atomic E-state index is 9.16. The molecule has 0 aliphatic heterocycles. The minimum Gasteiger partial charge on any atom is -0.456 e. The first-order valence-corrected chi connectivity index (χ1v) is 7.16. The lowest BCUT2D eigenvalue weighted by Crippen LogP contribution is -1.91. The molecule has 0 heterocycles. The summed E-state index contributed by atoms with van der Waals surface area (Å²) in [6.45, 7) is 2.15. The van der Waals surface area contributed by atoms with Crippen molar-refractivity contribution >= 4 is 11.6 Å². The van der Waals surface area contributed by atoms with Gasteiger partial charge in [-0.3, -0.25) is 0 Å². The van der Waals surface area contributed by atoms with Gasteiger partial charge in [0.2, 0.25) is 0 Å². The molecule has 0 unspecified atom stereocenters. The minimum absolute atomic E-state index is 0.390. The van der Waals surface area contributed by atoms with Crippen molar-refractivity contribution < 1.29 is 4.74 Å². The van der Waals surface area contributed by atoms with E-state index in [1.54, 1.807) is 12.1 Å². The molecule has 3 heteroatoms. The van der Waals surface area contributed by atoms with E-state index in [1.807, 2.05) is 18.2 Å². The highest BCUT2D eigenvalue weighted by molar-refractivity contribution is 6.17. The zero-order valence-corrected chi connectivity index (χ0v) is 12.2. The number of nitriles is 1. The highest BCUT2D eigenvalue weighted by atomic mass is 35.5. The van der Waals surface area contributed by atoms with E-state index in [0.717, 1.165) is 24.2 Å². The van der Waals surface area contributed by atoms with Gasteiger partial charge in [0.15, 0.2) is 0 Å². The molecule has 2 aromatic rings. The average Bonchev–Trinajstić information content (AvgIpc) is 2.50. The number of benzene rings is 2. The fourth-order valence-corrected chi connectivity index (χ4v) is 2.14. The molecule has 0 aliphatic rings. The first-order valence-electron chi connectivity index (χ1n) is 6.62. The van der Waals surface area contributed by atoms with Crippen molar-refractivity contribution in [3.63, 3.8) is 0 Å². The number of hydrogen-bond donors (Lipinski definition) is 0. The predicted octanol–water partition coefficient (Wildman–Crippen LogP) is 5.04. The van der Waals surface area contributed by atoms with Crippen LogP contribution in [-0.4, -0.2) is 0 Å². The Morgan fingerprint density at radius 3 is 2.40 bits per heavy atom. The van der Waals surface area contributed by atoms with Crippen LogP contribution in [0.25, 0.3) is 0 Å². The van der Waals surface area contributed by atoms with Crippen molar-refractivity contribution in [2.24, 2.45) is 0 Å². The Morgan fingerprint density at radius 2 is 1.80 bits per heavy atom. The molecule has 20 heavy (non-hydrogen) atoms. The van der Waals surface area contributed by atoms with E-state index >= 15 is 0 Å². The summed E-state index contributed by atoms with van der Waals surface area (Å²) in [7, 11) is 0. The molecule has 0 spiro atoms. The lowest BCUT2D eigenvalue weighted by atomic mass is 10.1. The maximum absolute atomic E-state index is 9.16. The zero-order valence-electron chi connectivity index (χ0n) is 11.4. The smallest absolute Gasteiger partial charge is 0.145 e. The van der Waals surface area contributed by atoms with Gasteiger partial charge in [0, 0.05) is 5.88 Å². The number of rotatable bonds is 5. The monoisotopic (exact) mass is 285 g/mol. The van der Waals surface area contributed by atoms with Gasteiger partial charge in [-0.2, -0.15) is 5.26 Å². The topological polar surface area (TPSA) is 33.0 Å². The van der Waals surface area contributed by atoms with Crippen LogP contribution < -0.4 is 4.74 Å². The normalized spacial score (nSPS) is 10.1. The molecule has 0 radical (unpaired) electrons. The first-order chi connectivity index (χ1) is 9.76. The highest BCUT2D eigenvalue weighted by Crippen LogP contribution is 2.26. The van der Waals surface area contributed by atoms with E-state index in [2.05, 4.69) is 25.1 Å². The standard InChI is InChI=1S/C17H16ClNO/c1-2-3-13-4-7-16(8-5-13)20-17-9-6-14(11-18)10-15(17)12-19/h4-10H,2-3,11H2,1H3. The van der Waals surface area contributed by atoms with Gasteiger partial charge in [0.1, 0.15) is 17.6 Å². The van der Waals surface area contributed by atoms with E-state index in [4.69, 9.17) is 21.6 Å². The van der Waals surface area contributed by atoms with E-state index in [1.165, 1.54) is 5.56 Å². The molecule has 0 aromatic heterocycles. The van der Waals surface area contributed by atoms with Crippen molar-refractivity contribution in [3.05, 3.63) is 59.2 Å². The molecule has 2 aromatic carbocycles. The number of ether oxygens (including phenoxy) is 1. The van der Waals surface area contributed by atoms with Crippen molar-refractivity contribution in [1.29, 1.82) is 5.26 Å². The Bertz CT molecular complexity index is 614. The van der Waals surface area contributed by atoms with Gasteiger partial charge < -0.3 is 4.74 Å². The third-order valence-electron chi connectivity index (χ3n) is 3.01. The predicted molar refractivity (Wildman–Crippen MR) is 81.2 cm³/mol. The zero-order chi connectivity index (χ0) is 14.4. The van der Waals surface area contributed by atoms with Crippen LogP contribution in [0.4, 0.5) is 0 Å². The van der Waals surface area contributed by atoms with Crippen LogP contribution >= 0.6 is 11.6 Å². The van der Waals surface area contributed by atoms with Crippen LogP contribution in [0.3, 0.4) is 0 Å². The van der Waals surface area contributed by atoms with Gasteiger partial charge in [-0.25, -0.2) is 0 Å². The molecule has 0 N–H and O–H groups in total. The quantitative estimate of drug-likeness (QED) is 0.721. The lowest BCUT2D eigenvalue weighted by molar-refractivity contribution is 0.480. The molecule has 0 saturated carbocycles. The lowest BCUT2D eigenvalue weighted by Gasteiger charge is -2.09. The molecule has 2 nitrogen and oxygen atoms in total. The van der Waals surface area contributed by atoms with Gasteiger partial charge in [-0.05, 0) is 41.8 Å². The van der Waals surface area contributed by atoms with Gasteiger partial charge >= 0.3 is 0 Å². The van der Waals surface area contributed by atoms with E-state index < -0.39 is 0 Å². The summed E-state index contributed by atoms with van der Waals surface area (Å²) in [6, 6.07) is 15.5. The summed E-state index contributed by atoms with van der Waals surface area (Å²) < 4.78 is 5.77. The molecule has 0 amide bonds. The van der Waals surface area contributed by atoms with E-state index in [0.29, 0.717) is 17.2 Å². The van der Waals surface area contributed by atoms with Gasteiger partial charge in [-0.1, -0.05) is 31.5 Å². The maximum Gasteiger partial charge on any atom is 0.145 e. The van der Waals surface area contributed by atoms with Crippen LogP contribution in [0.15, 0.2) is 42.5 Å². The fraction of sp³-hybridized carbons (Fsp3) is 0.235. The summed E-state index contributed by atoms with van der Waals surface area (Å²) in [5.41, 5.74) is 2.70. The second-order valence-electron chi connectivity index (χ2n) is 4.57. The summed E-state index contributed by atoms with van der Waals surface area (Å²) in [5, 5.41) is 9.16. The molecule has 0 saturated heterocycles. The van der Waals surface area contributed by atoms with Gasteiger partial charge in [-0.15, -0.1) is 11.6 Å². The van der Waals surface area contributed by atoms with Crippen molar-refractivity contribution in [2.75, 3.05) is 0 Å². The van der Waals surface area contributed by atoms with Crippen LogP contribution in [0.2, 0.25) is 0 Å². The Kier molecular flexibility index (Phi) is 5.03. The summed E-state index contributed by atoms with van der Waals surface area (Å²) in [5.74, 6) is 1.69. The van der Waals surface area contributed by atoms with Crippen LogP contribution in [0.1, 0.15) is 30.0 Å². The van der Waals surface area contributed by atoms with Gasteiger partial charge in [0.25, 0.3) is 0 Å². The third kappa shape index (κ3) is 3.53. The Hall–Kier alpha value is -1.98. The average molecular weight is 286 g/mol.